The van der Waals surface area contributed by atoms with Crippen molar-refractivity contribution in [2.24, 2.45) is 0 Å². The average Bonchev–Trinajstić information content (AvgIpc) is 2.45. The third-order valence-electron chi connectivity index (χ3n) is 2.97. The molecule has 0 amide bonds. The second-order valence-corrected chi connectivity index (χ2v) is 5.04. The average molecular weight is 286 g/mol. The lowest BCUT2D eigenvalue weighted by Crippen LogP contribution is -2.06. The van der Waals surface area contributed by atoms with Crippen LogP contribution in [-0.4, -0.2) is 11.5 Å². The maximum Gasteiger partial charge on any atom is 0.144 e. The van der Waals surface area contributed by atoms with E-state index in [1.165, 1.54) is 0 Å². The van der Waals surface area contributed by atoms with Crippen molar-refractivity contribution in [1.82, 2.24) is 4.98 Å². The number of halogens is 1. The van der Waals surface area contributed by atoms with Gasteiger partial charge in [0, 0.05) is 17.1 Å². The molecule has 1 aromatic heterocycles. The molecule has 2 aromatic rings. The summed E-state index contributed by atoms with van der Waals surface area (Å²) in [7, 11) is 0. The first-order valence-electron chi connectivity index (χ1n) is 6.57. The summed E-state index contributed by atoms with van der Waals surface area (Å²) in [6, 6.07) is 11.6. The third kappa shape index (κ3) is 3.09. The monoisotopic (exact) mass is 285 g/mol. The number of nitriles is 1. The minimum atomic E-state index is 0.571. The Balaban J connectivity index is 2.51. The fourth-order valence-electron chi connectivity index (χ4n) is 2.00. The molecule has 0 atom stereocenters. The van der Waals surface area contributed by atoms with E-state index in [2.05, 4.69) is 23.3 Å². The first kappa shape index (κ1) is 14.4. The Morgan fingerprint density at radius 1 is 1.35 bits per heavy atom. The highest BCUT2D eigenvalue weighted by Crippen LogP contribution is 2.27. The Kier molecular flexibility index (Phi) is 4.60. The largest absolute Gasteiger partial charge is 0.369 e. The predicted octanol–water partition coefficient (Wildman–Crippen LogP) is 4.40. The molecular formula is C16H16ClN3. The molecule has 0 radical (unpaired) electrons. The summed E-state index contributed by atoms with van der Waals surface area (Å²) in [6.45, 7) is 4.82. The molecule has 3 nitrogen and oxygen atoms in total. The van der Waals surface area contributed by atoms with Gasteiger partial charge in [0.2, 0.25) is 0 Å². The van der Waals surface area contributed by atoms with Gasteiger partial charge in [-0.25, -0.2) is 4.98 Å². The molecule has 1 N–H and O–H groups in total. The molecule has 0 saturated carbocycles. The number of aryl methyl sites for hydroxylation is 1. The molecule has 102 valence electrons. The first-order chi connectivity index (χ1) is 9.65. The van der Waals surface area contributed by atoms with Gasteiger partial charge in [-0.15, -0.1) is 0 Å². The zero-order valence-electron chi connectivity index (χ0n) is 11.6. The highest BCUT2D eigenvalue weighted by molar-refractivity contribution is 6.30. The van der Waals surface area contributed by atoms with Gasteiger partial charge in [-0.2, -0.15) is 5.26 Å². The zero-order valence-corrected chi connectivity index (χ0v) is 12.3. The van der Waals surface area contributed by atoms with Gasteiger partial charge < -0.3 is 5.32 Å². The zero-order chi connectivity index (χ0) is 14.5. The molecule has 0 unspecified atom stereocenters. The predicted molar refractivity (Wildman–Crippen MR) is 82.9 cm³/mol. The highest BCUT2D eigenvalue weighted by Gasteiger charge is 2.10. The Labute approximate surface area is 124 Å². The van der Waals surface area contributed by atoms with Crippen molar-refractivity contribution in [3.8, 4) is 17.3 Å². The maximum atomic E-state index is 9.20. The van der Waals surface area contributed by atoms with Crippen LogP contribution in [-0.2, 0) is 0 Å². The SMILES string of the molecule is CCCNc1nc(-c2cccc(Cl)c2)c(C)cc1C#N. The molecular weight excluding hydrogens is 270 g/mol. The third-order valence-corrected chi connectivity index (χ3v) is 3.21. The van der Waals surface area contributed by atoms with Crippen molar-refractivity contribution in [2.75, 3.05) is 11.9 Å². The number of benzene rings is 1. The summed E-state index contributed by atoms with van der Waals surface area (Å²) in [6.07, 6.45) is 0.979. The second-order valence-electron chi connectivity index (χ2n) is 4.60. The molecule has 0 aliphatic heterocycles. The van der Waals surface area contributed by atoms with Crippen LogP contribution in [0.15, 0.2) is 30.3 Å². The van der Waals surface area contributed by atoms with Gasteiger partial charge >= 0.3 is 0 Å². The summed E-state index contributed by atoms with van der Waals surface area (Å²) < 4.78 is 0. The lowest BCUT2D eigenvalue weighted by molar-refractivity contribution is 0.967. The topological polar surface area (TPSA) is 48.7 Å². The first-order valence-corrected chi connectivity index (χ1v) is 6.95. The molecule has 0 fully saturated rings. The van der Waals surface area contributed by atoms with E-state index in [4.69, 9.17) is 11.6 Å². The van der Waals surface area contributed by atoms with Crippen molar-refractivity contribution in [2.45, 2.75) is 20.3 Å². The number of hydrogen-bond donors (Lipinski definition) is 1. The van der Waals surface area contributed by atoms with Crippen molar-refractivity contribution in [3.05, 3.63) is 46.5 Å². The number of anilines is 1. The Morgan fingerprint density at radius 3 is 2.80 bits per heavy atom. The molecule has 0 bridgehead atoms. The maximum absolute atomic E-state index is 9.20. The van der Waals surface area contributed by atoms with Gasteiger partial charge in [-0.1, -0.05) is 30.7 Å². The summed E-state index contributed by atoms with van der Waals surface area (Å²) in [5.74, 6) is 0.634. The van der Waals surface area contributed by atoms with Gasteiger partial charge in [-0.3, -0.25) is 0 Å². The van der Waals surface area contributed by atoms with Crippen LogP contribution in [0, 0.1) is 18.3 Å². The van der Waals surface area contributed by atoms with Crippen molar-refractivity contribution in [1.29, 1.82) is 5.26 Å². The van der Waals surface area contributed by atoms with Crippen LogP contribution in [0.3, 0.4) is 0 Å². The lowest BCUT2D eigenvalue weighted by atomic mass is 10.0. The van der Waals surface area contributed by atoms with Gasteiger partial charge in [-0.05, 0) is 37.1 Å². The van der Waals surface area contributed by atoms with E-state index in [1.807, 2.05) is 37.3 Å². The standard InChI is InChI=1S/C16H16ClN3/c1-3-7-19-16-13(10-18)8-11(2)15(20-16)12-5-4-6-14(17)9-12/h4-6,8-9H,3,7H2,1-2H3,(H,19,20). The minimum absolute atomic E-state index is 0.571. The van der Waals surface area contributed by atoms with Gasteiger partial charge in [0.15, 0.2) is 0 Å². The smallest absolute Gasteiger partial charge is 0.144 e. The minimum Gasteiger partial charge on any atom is -0.369 e. The van der Waals surface area contributed by atoms with Gasteiger partial charge in [0.1, 0.15) is 11.9 Å². The number of rotatable bonds is 4. The van der Waals surface area contributed by atoms with E-state index < -0.39 is 0 Å². The summed E-state index contributed by atoms with van der Waals surface area (Å²) in [5.41, 5.74) is 3.34. The van der Waals surface area contributed by atoms with E-state index in [0.29, 0.717) is 16.4 Å². The van der Waals surface area contributed by atoms with Crippen LogP contribution in [0.2, 0.25) is 5.02 Å². The van der Waals surface area contributed by atoms with Crippen molar-refractivity contribution >= 4 is 17.4 Å². The summed E-state index contributed by atoms with van der Waals surface area (Å²) in [4.78, 5) is 4.60. The fourth-order valence-corrected chi connectivity index (χ4v) is 2.20. The van der Waals surface area contributed by atoms with Crippen LogP contribution < -0.4 is 5.32 Å². The molecule has 0 saturated heterocycles. The van der Waals surface area contributed by atoms with E-state index in [0.717, 1.165) is 29.8 Å². The fraction of sp³-hybridized carbons (Fsp3) is 0.250. The summed E-state index contributed by atoms with van der Waals surface area (Å²) in [5, 5.41) is 13.1. The molecule has 0 aliphatic carbocycles. The molecule has 4 heteroatoms. The van der Waals surface area contributed by atoms with E-state index in [1.54, 1.807) is 0 Å². The van der Waals surface area contributed by atoms with Crippen molar-refractivity contribution < 1.29 is 0 Å². The number of nitrogens with zero attached hydrogens (tertiary/aromatic N) is 2. The van der Waals surface area contributed by atoms with Gasteiger partial charge in [0.05, 0.1) is 11.3 Å². The Morgan fingerprint density at radius 2 is 2.15 bits per heavy atom. The normalized spacial score (nSPS) is 10.1. The van der Waals surface area contributed by atoms with E-state index in [9.17, 15) is 5.26 Å². The number of nitrogens with one attached hydrogen (secondary N) is 1. The number of hydrogen-bond acceptors (Lipinski definition) is 3. The summed E-state index contributed by atoms with van der Waals surface area (Å²) >= 11 is 6.03. The second kappa shape index (κ2) is 6.40. The van der Waals surface area contributed by atoms with Crippen molar-refractivity contribution in [3.63, 3.8) is 0 Å². The van der Waals surface area contributed by atoms with Crippen LogP contribution in [0.1, 0.15) is 24.5 Å². The van der Waals surface area contributed by atoms with Crippen LogP contribution in [0.4, 0.5) is 5.82 Å². The highest BCUT2D eigenvalue weighted by atomic mass is 35.5. The number of aromatic nitrogens is 1. The Hall–Kier alpha value is -2.05. The Bertz CT molecular complexity index is 659. The number of pyridine rings is 1. The quantitative estimate of drug-likeness (QED) is 0.905. The molecule has 0 aliphatic rings. The molecule has 1 aromatic carbocycles. The van der Waals surface area contributed by atoms with E-state index in [-0.39, 0.29) is 0 Å². The van der Waals surface area contributed by atoms with Crippen LogP contribution in [0.25, 0.3) is 11.3 Å². The molecule has 20 heavy (non-hydrogen) atoms. The molecule has 0 spiro atoms. The van der Waals surface area contributed by atoms with Crippen LogP contribution in [0.5, 0.6) is 0 Å². The van der Waals surface area contributed by atoms with Crippen LogP contribution >= 0.6 is 11.6 Å². The van der Waals surface area contributed by atoms with Gasteiger partial charge in [0.25, 0.3) is 0 Å². The van der Waals surface area contributed by atoms with E-state index >= 15 is 0 Å². The molecule has 2 rings (SSSR count). The lowest BCUT2D eigenvalue weighted by Gasteiger charge is -2.11. The molecule has 1 heterocycles.